The Bertz CT molecular complexity index is 477. The largest absolute Gasteiger partial charge is 0.359 e. The summed E-state index contributed by atoms with van der Waals surface area (Å²) in [6.45, 7) is 1.72. The fourth-order valence-electron chi connectivity index (χ4n) is 5.67. The molecule has 0 saturated heterocycles. The molecule has 26 heavy (non-hydrogen) atoms. The van der Waals surface area contributed by atoms with Crippen molar-refractivity contribution in [3.63, 3.8) is 0 Å². The van der Waals surface area contributed by atoms with Crippen LogP contribution in [0.1, 0.15) is 71.1 Å². The van der Waals surface area contributed by atoms with Gasteiger partial charge in [-0.3, -0.25) is 0 Å². The minimum atomic E-state index is -1.53. The van der Waals surface area contributed by atoms with E-state index in [0.717, 1.165) is 31.1 Å². The Kier molecular flexibility index (Phi) is 7.31. The second-order valence-electron chi connectivity index (χ2n) is 8.86. The maximum Gasteiger partial charge on any atom is 0.157 e. The van der Waals surface area contributed by atoms with E-state index in [0.29, 0.717) is 17.6 Å². The number of alkyl halides is 2. The summed E-state index contributed by atoms with van der Waals surface area (Å²) >= 11 is 4.60. The van der Waals surface area contributed by atoms with E-state index in [1.165, 1.54) is 38.5 Å². The van der Waals surface area contributed by atoms with Gasteiger partial charge < -0.3 is 4.74 Å². The molecule has 1 nitrogen and oxygen atoms in total. The molecule has 0 N–H and O–H groups in total. The van der Waals surface area contributed by atoms with Crippen LogP contribution in [0, 0.1) is 36.0 Å². The first kappa shape index (κ1) is 20.5. The van der Waals surface area contributed by atoms with Crippen LogP contribution < -0.4 is 0 Å². The van der Waals surface area contributed by atoms with Crippen molar-refractivity contribution in [1.29, 1.82) is 0 Å². The lowest BCUT2D eigenvalue weighted by Crippen LogP contribution is -2.46. The number of ether oxygens (including phenoxy) is 1. The zero-order chi connectivity index (χ0) is 18.7. The SMILES string of the molecule is C#CC(C)OC1CCC(C2CCC(C3CCC(S)CC3)CC2)C(F)C1F. The number of hydrogen-bond acceptors (Lipinski definition) is 2. The van der Waals surface area contributed by atoms with E-state index in [2.05, 4.69) is 18.5 Å². The highest BCUT2D eigenvalue weighted by Gasteiger charge is 2.45. The molecule has 148 valence electrons. The van der Waals surface area contributed by atoms with Crippen LogP contribution in [0.15, 0.2) is 0 Å². The first-order chi connectivity index (χ1) is 12.5. The molecule has 5 unspecified atom stereocenters. The van der Waals surface area contributed by atoms with E-state index in [-0.39, 0.29) is 5.92 Å². The summed E-state index contributed by atoms with van der Waals surface area (Å²) in [5.41, 5.74) is 0. The summed E-state index contributed by atoms with van der Waals surface area (Å²) in [5.74, 6) is 4.28. The van der Waals surface area contributed by atoms with E-state index in [1.807, 2.05) is 0 Å². The second kappa shape index (κ2) is 9.28. The van der Waals surface area contributed by atoms with Crippen molar-refractivity contribution in [1.82, 2.24) is 0 Å². The van der Waals surface area contributed by atoms with Crippen LogP contribution in [-0.2, 0) is 4.74 Å². The Labute approximate surface area is 163 Å². The summed E-state index contributed by atoms with van der Waals surface area (Å²) in [4.78, 5) is 0. The number of rotatable bonds is 4. The molecule has 0 aromatic carbocycles. The molecule has 4 heteroatoms. The molecule has 0 aromatic heterocycles. The van der Waals surface area contributed by atoms with Gasteiger partial charge in [-0.2, -0.15) is 12.6 Å². The molecule has 3 aliphatic carbocycles. The monoisotopic (exact) mass is 384 g/mol. The van der Waals surface area contributed by atoms with Crippen molar-refractivity contribution in [2.75, 3.05) is 0 Å². The average Bonchev–Trinajstić information content (AvgIpc) is 2.66. The zero-order valence-electron chi connectivity index (χ0n) is 16.0. The Morgan fingerprint density at radius 3 is 1.96 bits per heavy atom. The summed E-state index contributed by atoms with van der Waals surface area (Å²) in [5, 5.41) is 0.589. The summed E-state index contributed by atoms with van der Waals surface area (Å²) < 4.78 is 34.9. The highest BCUT2D eigenvalue weighted by atomic mass is 32.1. The highest BCUT2D eigenvalue weighted by Crippen LogP contribution is 2.46. The van der Waals surface area contributed by atoms with E-state index >= 15 is 0 Å². The third-order valence-electron chi connectivity index (χ3n) is 7.30. The molecule has 0 bridgehead atoms. The maximum atomic E-state index is 14.8. The molecule has 0 aromatic rings. The normalized spacial score (nSPS) is 45.7. The molecule has 5 atom stereocenters. The molecular formula is C22H34F2OS. The van der Waals surface area contributed by atoms with Crippen LogP contribution in [0.4, 0.5) is 8.78 Å². The molecule has 3 fully saturated rings. The molecule has 0 heterocycles. The fraction of sp³-hybridized carbons (Fsp3) is 0.909. The third kappa shape index (κ3) is 4.76. The topological polar surface area (TPSA) is 9.23 Å². The van der Waals surface area contributed by atoms with Gasteiger partial charge in [0.25, 0.3) is 0 Å². The van der Waals surface area contributed by atoms with Crippen molar-refractivity contribution in [2.24, 2.45) is 23.7 Å². The van der Waals surface area contributed by atoms with Gasteiger partial charge >= 0.3 is 0 Å². The molecule has 3 rings (SSSR count). The summed E-state index contributed by atoms with van der Waals surface area (Å²) in [6, 6.07) is 0. The summed E-state index contributed by atoms with van der Waals surface area (Å²) in [6.07, 6.45) is 12.1. The van der Waals surface area contributed by atoms with Gasteiger partial charge in [-0.15, -0.1) is 6.42 Å². The predicted molar refractivity (Wildman–Crippen MR) is 106 cm³/mol. The molecule has 3 aliphatic rings. The number of halogens is 2. The Morgan fingerprint density at radius 2 is 1.38 bits per heavy atom. The van der Waals surface area contributed by atoms with E-state index in [1.54, 1.807) is 6.92 Å². The average molecular weight is 385 g/mol. The van der Waals surface area contributed by atoms with Gasteiger partial charge in [0.1, 0.15) is 12.3 Å². The van der Waals surface area contributed by atoms with Crippen LogP contribution in [-0.4, -0.2) is 29.8 Å². The van der Waals surface area contributed by atoms with Crippen molar-refractivity contribution < 1.29 is 13.5 Å². The zero-order valence-corrected chi connectivity index (χ0v) is 16.9. The van der Waals surface area contributed by atoms with Crippen molar-refractivity contribution >= 4 is 12.6 Å². The first-order valence-electron chi connectivity index (χ1n) is 10.6. The van der Waals surface area contributed by atoms with Crippen molar-refractivity contribution in [3.05, 3.63) is 0 Å². The molecular weight excluding hydrogens is 350 g/mol. The standard InChI is InChI=1S/C22H34F2OS/c1-3-14(2)25-20-13-12-19(21(23)22(20)24)17-6-4-15(5-7-17)16-8-10-18(26)11-9-16/h1,14-22,26H,4-13H2,2H3. The van der Waals surface area contributed by atoms with Crippen molar-refractivity contribution in [2.45, 2.75) is 101 Å². The lowest BCUT2D eigenvalue weighted by atomic mass is 9.65. The predicted octanol–water partition coefficient (Wildman–Crippen LogP) is 5.77. The minimum absolute atomic E-state index is 0.139. The number of hydrogen-bond donors (Lipinski definition) is 1. The molecule has 0 spiro atoms. The van der Waals surface area contributed by atoms with Crippen LogP contribution in [0.2, 0.25) is 0 Å². The van der Waals surface area contributed by atoms with Gasteiger partial charge in [0.15, 0.2) is 6.17 Å². The minimum Gasteiger partial charge on any atom is -0.359 e. The van der Waals surface area contributed by atoms with Crippen molar-refractivity contribution in [3.8, 4) is 12.3 Å². The van der Waals surface area contributed by atoms with E-state index in [4.69, 9.17) is 11.2 Å². The fourth-order valence-corrected chi connectivity index (χ4v) is 5.97. The first-order valence-corrected chi connectivity index (χ1v) is 11.1. The van der Waals surface area contributed by atoms with Crippen LogP contribution in [0.25, 0.3) is 0 Å². The molecule has 0 amide bonds. The maximum absolute atomic E-state index is 14.8. The smallest absolute Gasteiger partial charge is 0.157 e. The Morgan fingerprint density at radius 1 is 0.846 bits per heavy atom. The van der Waals surface area contributed by atoms with Gasteiger partial charge in [-0.05, 0) is 94.8 Å². The number of terminal acetylenes is 1. The summed E-state index contributed by atoms with van der Waals surface area (Å²) in [7, 11) is 0. The van der Waals surface area contributed by atoms with E-state index in [9.17, 15) is 8.78 Å². The van der Waals surface area contributed by atoms with Crippen LogP contribution in [0.5, 0.6) is 0 Å². The molecule has 0 radical (unpaired) electrons. The lowest BCUT2D eigenvalue weighted by molar-refractivity contribution is -0.0981. The second-order valence-corrected chi connectivity index (χ2v) is 9.59. The van der Waals surface area contributed by atoms with Crippen LogP contribution in [0.3, 0.4) is 0 Å². The third-order valence-corrected chi connectivity index (χ3v) is 7.81. The Hall–Kier alpha value is -0.270. The number of thiol groups is 1. The molecule has 0 aliphatic heterocycles. The Balaban J connectivity index is 1.48. The van der Waals surface area contributed by atoms with Gasteiger partial charge in [0, 0.05) is 5.25 Å². The highest BCUT2D eigenvalue weighted by molar-refractivity contribution is 7.80. The molecule has 3 saturated carbocycles. The lowest BCUT2D eigenvalue weighted by Gasteiger charge is -2.43. The van der Waals surface area contributed by atoms with E-state index < -0.39 is 24.6 Å². The quantitative estimate of drug-likeness (QED) is 0.478. The van der Waals surface area contributed by atoms with Crippen LogP contribution >= 0.6 is 12.6 Å². The van der Waals surface area contributed by atoms with Gasteiger partial charge in [0.05, 0.1) is 6.10 Å². The van der Waals surface area contributed by atoms with Gasteiger partial charge in [-0.1, -0.05) is 5.92 Å². The van der Waals surface area contributed by atoms with Gasteiger partial charge in [0.2, 0.25) is 0 Å². The van der Waals surface area contributed by atoms with Gasteiger partial charge in [-0.25, -0.2) is 8.78 Å².